The van der Waals surface area contributed by atoms with Gasteiger partial charge in [0.05, 0.1) is 17.2 Å². The molecule has 1 aromatic rings. The van der Waals surface area contributed by atoms with Gasteiger partial charge in [-0.05, 0) is 17.5 Å². The van der Waals surface area contributed by atoms with E-state index in [9.17, 15) is 18.0 Å². The van der Waals surface area contributed by atoms with E-state index in [1.807, 2.05) is 13.8 Å². The van der Waals surface area contributed by atoms with Gasteiger partial charge < -0.3 is 5.32 Å². The highest BCUT2D eigenvalue weighted by molar-refractivity contribution is 6.04. The lowest BCUT2D eigenvalue weighted by atomic mass is 9.86. The van der Waals surface area contributed by atoms with Crippen LogP contribution in [0, 0.1) is 5.92 Å². The van der Waals surface area contributed by atoms with E-state index in [1.54, 1.807) is 6.07 Å². The molecule has 2 atom stereocenters. The Kier molecular flexibility index (Phi) is 3.09. The molecule has 1 aliphatic rings. The molecule has 5 heteroatoms. The van der Waals surface area contributed by atoms with Gasteiger partial charge in [0, 0.05) is 0 Å². The Labute approximate surface area is 103 Å². The molecule has 1 heterocycles. The van der Waals surface area contributed by atoms with Crippen molar-refractivity contribution in [1.29, 1.82) is 0 Å². The molecule has 1 amide bonds. The van der Waals surface area contributed by atoms with E-state index in [-0.39, 0.29) is 17.5 Å². The molecule has 0 aliphatic carbocycles. The number of nitrogens with one attached hydrogen (secondary N) is 1. The Morgan fingerprint density at radius 1 is 1.39 bits per heavy atom. The Bertz CT molecular complexity index is 482. The van der Waals surface area contributed by atoms with Gasteiger partial charge in [-0.1, -0.05) is 32.4 Å². The number of anilines is 1. The van der Waals surface area contributed by atoms with Crippen molar-refractivity contribution in [1.82, 2.24) is 0 Å². The molecule has 1 aromatic carbocycles. The lowest BCUT2D eigenvalue weighted by Gasteiger charge is -2.16. The van der Waals surface area contributed by atoms with Crippen molar-refractivity contribution < 1.29 is 18.0 Å². The summed E-state index contributed by atoms with van der Waals surface area (Å²) in [5, 5.41) is 2.38. The molecule has 0 bridgehead atoms. The predicted molar refractivity (Wildman–Crippen MR) is 62.3 cm³/mol. The second-order valence-electron chi connectivity index (χ2n) is 4.62. The summed E-state index contributed by atoms with van der Waals surface area (Å²) < 4.78 is 38.5. The molecule has 2 rings (SSSR count). The molecule has 0 radical (unpaired) electrons. The zero-order valence-corrected chi connectivity index (χ0v) is 10.1. The predicted octanol–water partition coefficient (Wildman–Crippen LogP) is 3.79. The molecule has 0 saturated heterocycles. The summed E-state index contributed by atoms with van der Waals surface area (Å²) in [6.07, 6.45) is -3.70. The van der Waals surface area contributed by atoms with Crippen LogP contribution < -0.4 is 5.32 Å². The van der Waals surface area contributed by atoms with Crippen molar-refractivity contribution >= 4 is 11.6 Å². The highest BCUT2D eigenvalue weighted by Crippen LogP contribution is 2.45. The zero-order valence-electron chi connectivity index (χ0n) is 10.1. The molecule has 0 fully saturated rings. The van der Waals surface area contributed by atoms with Crippen LogP contribution in [0.1, 0.15) is 37.3 Å². The number of carbonyl (C=O) groups is 1. The maximum absolute atomic E-state index is 12.8. The third kappa shape index (κ3) is 1.98. The topological polar surface area (TPSA) is 29.1 Å². The molecule has 1 aliphatic heterocycles. The maximum atomic E-state index is 12.8. The Morgan fingerprint density at radius 3 is 2.61 bits per heavy atom. The second-order valence-corrected chi connectivity index (χ2v) is 4.62. The summed E-state index contributed by atoms with van der Waals surface area (Å²) in [4.78, 5) is 11.8. The highest BCUT2D eigenvalue weighted by Gasteiger charge is 2.41. The fourth-order valence-corrected chi connectivity index (χ4v) is 2.35. The molecule has 0 spiro atoms. The fourth-order valence-electron chi connectivity index (χ4n) is 2.35. The van der Waals surface area contributed by atoms with Gasteiger partial charge in [0.25, 0.3) is 0 Å². The SMILES string of the molecule is CCC(C)C1C(=O)Nc2c1cccc2C(F)(F)F. The highest BCUT2D eigenvalue weighted by atomic mass is 19.4. The first kappa shape index (κ1) is 12.9. The van der Waals surface area contributed by atoms with Crippen molar-refractivity contribution in [2.45, 2.75) is 32.4 Å². The van der Waals surface area contributed by atoms with Crippen LogP contribution >= 0.6 is 0 Å². The summed E-state index contributed by atoms with van der Waals surface area (Å²) in [5.74, 6) is -0.793. The number of benzene rings is 1. The minimum atomic E-state index is -4.44. The number of rotatable bonds is 2. The first-order valence-electron chi connectivity index (χ1n) is 5.87. The van der Waals surface area contributed by atoms with E-state index < -0.39 is 17.7 Å². The average molecular weight is 257 g/mol. The molecule has 0 saturated carbocycles. The van der Waals surface area contributed by atoms with E-state index in [4.69, 9.17) is 0 Å². The fraction of sp³-hybridized carbons (Fsp3) is 0.462. The van der Waals surface area contributed by atoms with Gasteiger partial charge >= 0.3 is 6.18 Å². The molecule has 18 heavy (non-hydrogen) atoms. The van der Waals surface area contributed by atoms with Crippen LogP contribution in [0.15, 0.2) is 18.2 Å². The Morgan fingerprint density at radius 2 is 2.06 bits per heavy atom. The van der Waals surface area contributed by atoms with E-state index in [0.29, 0.717) is 5.56 Å². The van der Waals surface area contributed by atoms with Crippen molar-refractivity contribution in [3.8, 4) is 0 Å². The van der Waals surface area contributed by atoms with Gasteiger partial charge in [-0.3, -0.25) is 4.79 Å². The molecular formula is C13H14F3NO. The van der Waals surface area contributed by atoms with Gasteiger partial charge in [-0.25, -0.2) is 0 Å². The molecule has 98 valence electrons. The molecule has 2 unspecified atom stereocenters. The Balaban J connectivity index is 2.53. The number of fused-ring (bicyclic) bond motifs is 1. The van der Waals surface area contributed by atoms with Gasteiger partial charge in [-0.15, -0.1) is 0 Å². The van der Waals surface area contributed by atoms with Crippen LogP contribution in [-0.4, -0.2) is 5.91 Å². The molecule has 1 N–H and O–H groups in total. The van der Waals surface area contributed by atoms with Crippen molar-refractivity contribution in [3.05, 3.63) is 29.3 Å². The maximum Gasteiger partial charge on any atom is 0.418 e. The number of para-hydroxylation sites is 1. The van der Waals surface area contributed by atoms with Gasteiger partial charge in [0.15, 0.2) is 0 Å². The largest absolute Gasteiger partial charge is 0.418 e. The molecule has 0 aromatic heterocycles. The third-order valence-corrected chi connectivity index (χ3v) is 3.48. The van der Waals surface area contributed by atoms with Gasteiger partial charge in [-0.2, -0.15) is 13.2 Å². The van der Waals surface area contributed by atoms with Crippen LogP contribution in [-0.2, 0) is 11.0 Å². The van der Waals surface area contributed by atoms with E-state index in [0.717, 1.165) is 12.5 Å². The first-order valence-corrected chi connectivity index (χ1v) is 5.87. The summed E-state index contributed by atoms with van der Waals surface area (Å²) >= 11 is 0. The van der Waals surface area contributed by atoms with Crippen LogP contribution in [0.25, 0.3) is 0 Å². The third-order valence-electron chi connectivity index (χ3n) is 3.48. The van der Waals surface area contributed by atoms with E-state index in [2.05, 4.69) is 5.32 Å². The van der Waals surface area contributed by atoms with Crippen molar-refractivity contribution in [3.63, 3.8) is 0 Å². The average Bonchev–Trinajstić information content (AvgIpc) is 2.62. The molecule has 2 nitrogen and oxygen atoms in total. The number of hydrogen-bond donors (Lipinski definition) is 1. The van der Waals surface area contributed by atoms with Crippen molar-refractivity contribution in [2.75, 3.05) is 5.32 Å². The van der Waals surface area contributed by atoms with Gasteiger partial charge in [0.2, 0.25) is 5.91 Å². The number of carbonyl (C=O) groups excluding carboxylic acids is 1. The van der Waals surface area contributed by atoms with Crippen molar-refractivity contribution in [2.24, 2.45) is 5.92 Å². The lowest BCUT2D eigenvalue weighted by molar-refractivity contribution is -0.136. The summed E-state index contributed by atoms with van der Waals surface area (Å²) in [6.45, 7) is 3.79. The van der Waals surface area contributed by atoms with Crippen LogP contribution in [0.4, 0.5) is 18.9 Å². The quantitative estimate of drug-likeness (QED) is 0.858. The van der Waals surface area contributed by atoms with Gasteiger partial charge in [0.1, 0.15) is 0 Å². The standard InChI is InChI=1S/C13H14F3NO/c1-3-7(2)10-8-5-4-6-9(13(14,15)16)11(8)17-12(10)18/h4-7,10H,3H2,1-2H3,(H,17,18). The summed E-state index contributed by atoms with van der Waals surface area (Å²) in [6, 6.07) is 3.95. The number of alkyl halides is 3. The summed E-state index contributed by atoms with van der Waals surface area (Å²) in [7, 11) is 0. The first-order chi connectivity index (χ1) is 8.36. The number of hydrogen-bond acceptors (Lipinski definition) is 1. The van der Waals surface area contributed by atoms with Crippen LogP contribution in [0.5, 0.6) is 0 Å². The number of halogens is 3. The minimum Gasteiger partial charge on any atom is -0.325 e. The lowest BCUT2D eigenvalue weighted by Crippen LogP contribution is -2.18. The number of amides is 1. The Hall–Kier alpha value is -1.52. The second kappa shape index (κ2) is 4.30. The van der Waals surface area contributed by atoms with Crippen LogP contribution in [0.2, 0.25) is 0 Å². The molecular weight excluding hydrogens is 243 g/mol. The normalized spacial score (nSPS) is 20.5. The minimum absolute atomic E-state index is 0.0229. The van der Waals surface area contributed by atoms with E-state index >= 15 is 0 Å². The van der Waals surface area contributed by atoms with Crippen LogP contribution in [0.3, 0.4) is 0 Å². The summed E-state index contributed by atoms with van der Waals surface area (Å²) in [5.41, 5.74) is -0.372. The van der Waals surface area contributed by atoms with E-state index in [1.165, 1.54) is 6.07 Å². The monoisotopic (exact) mass is 257 g/mol. The smallest absolute Gasteiger partial charge is 0.325 e. The zero-order chi connectivity index (χ0) is 13.5.